The Bertz CT molecular complexity index is 1160. The molecule has 0 atom stereocenters. The third kappa shape index (κ3) is 4.70. The van der Waals surface area contributed by atoms with Crippen molar-refractivity contribution in [1.29, 1.82) is 0 Å². The molecule has 8 heteroatoms. The predicted octanol–water partition coefficient (Wildman–Crippen LogP) is 4.71. The van der Waals surface area contributed by atoms with Gasteiger partial charge in [-0.25, -0.2) is 8.42 Å². The molecule has 0 aliphatic heterocycles. The van der Waals surface area contributed by atoms with Crippen LogP contribution in [0.4, 0.5) is 11.4 Å². The number of sulfonamides is 1. The molecule has 6 nitrogen and oxygen atoms in total. The minimum absolute atomic E-state index is 0.0373. The van der Waals surface area contributed by atoms with Gasteiger partial charge in [-0.15, -0.1) is 0 Å². The van der Waals surface area contributed by atoms with Crippen molar-refractivity contribution in [2.24, 2.45) is 0 Å². The van der Waals surface area contributed by atoms with Crippen LogP contribution in [-0.2, 0) is 10.0 Å². The third-order valence-electron chi connectivity index (χ3n) is 4.21. The van der Waals surface area contributed by atoms with Crippen molar-refractivity contribution in [3.63, 3.8) is 0 Å². The van der Waals surface area contributed by atoms with Gasteiger partial charge in [-0.3, -0.25) is 9.52 Å². The molecule has 29 heavy (non-hydrogen) atoms. The van der Waals surface area contributed by atoms with Crippen molar-refractivity contribution in [3.8, 4) is 5.75 Å². The molecule has 0 unspecified atom stereocenters. The van der Waals surface area contributed by atoms with Crippen LogP contribution < -0.4 is 14.8 Å². The number of anilines is 2. The average Bonchev–Trinajstić information content (AvgIpc) is 2.70. The lowest BCUT2D eigenvalue weighted by Gasteiger charge is -2.14. The number of hydrogen-bond donors (Lipinski definition) is 2. The number of carbonyl (C=O) groups is 1. The van der Waals surface area contributed by atoms with Gasteiger partial charge in [-0.1, -0.05) is 41.9 Å². The number of nitrogens with one attached hydrogen (secondary N) is 2. The monoisotopic (exact) mass is 430 g/mol. The molecule has 0 aliphatic carbocycles. The first-order valence-electron chi connectivity index (χ1n) is 8.64. The number of carbonyl (C=O) groups excluding carboxylic acids is 1. The van der Waals surface area contributed by atoms with Crippen molar-refractivity contribution in [2.45, 2.75) is 11.8 Å². The number of ether oxygens (including phenoxy) is 1. The molecule has 3 aromatic carbocycles. The van der Waals surface area contributed by atoms with E-state index in [1.54, 1.807) is 67.6 Å². The van der Waals surface area contributed by atoms with Crippen LogP contribution in [0.2, 0.25) is 5.02 Å². The number of rotatable bonds is 6. The Morgan fingerprint density at radius 1 is 1.00 bits per heavy atom. The standard InChI is InChI=1S/C21H19ClN2O4S/c1-14-11-12-15(23-21(25)16-7-3-6-10-19(16)28-2)13-20(14)29(26,27)24-18-9-5-4-8-17(18)22/h3-13,24H,1-2H3,(H,23,25). The van der Waals surface area contributed by atoms with E-state index in [4.69, 9.17) is 16.3 Å². The predicted molar refractivity (Wildman–Crippen MR) is 114 cm³/mol. The van der Waals surface area contributed by atoms with Gasteiger partial charge in [0.15, 0.2) is 0 Å². The Kier molecular flexibility index (Phi) is 6.10. The van der Waals surface area contributed by atoms with Gasteiger partial charge in [0.05, 0.1) is 28.3 Å². The molecular formula is C21H19ClN2O4S. The molecule has 0 aliphatic rings. The Morgan fingerprint density at radius 2 is 1.69 bits per heavy atom. The van der Waals surface area contributed by atoms with Gasteiger partial charge < -0.3 is 10.1 Å². The zero-order chi connectivity index (χ0) is 21.0. The van der Waals surface area contributed by atoms with E-state index in [0.717, 1.165) is 0 Å². The van der Waals surface area contributed by atoms with E-state index in [-0.39, 0.29) is 15.6 Å². The smallest absolute Gasteiger partial charge is 0.262 e. The summed E-state index contributed by atoms with van der Waals surface area (Å²) in [4.78, 5) is 12.6. The highest BCUT2D eigenvalue weighted by Gasteiger charge is 2.20. The van der Waals surface area contributed by atoms with Gasteiger partial charge in [-0.05, 0) is 48.9 Å². The van der Waals surface area contributed by atoms with Crippen LogP contribution in [0.3, 0.4) is 0 Å². The molecule has 0 spiro atoms. The zero-order valence-corrected chi connectivity index (χ0v) is 17.3. The molecule has 0 bridgehead atoms. The van der Waals surface area contributed by atoms with E-state index in [9.17, 15) is 13.2 Å². The summed E-state index contributed by atoms with van der Waals surface area (Å²) in [6.45, 7) is 1.67. The van der Waals surface area contributed by atoms with Crippen LogP contribution >= 0.6 is 11.6 Å². The summed E-state index contributed by atoms with van der Waals surface area (Å²) in [5.41, 5.74) is 1.48. The molecule has 1 amide bonds. The number of methoxy groups -OCH3 is 1. The van der Waals surface area contributed by atoms with Crippen LogP contribution in [0.5, 0.6) is 5.75 Å². The van der Waals surface area contributed by atoms with E-state index >= 15 is 0 Å². The normalized spacial score (nSPS) is 11.0. The van der Waals surface area contributed by atoms with E-state index in [1.165, 1.54) is 13.2 Å². The van der Waals surface area contributed by atoms with Crippen LogP contribution in [-0.4, -0.2) is 21.4 Å². The molecule has 150 valence electrons. The van der Waals surface area contributed by atoms with E-state index in [0.29, 0.717) is 22.6 Å². The Morgan fingerprint density at radius 3 is 2.41 bits per heavy atom. The van der Waals surface area contributed by atoms with Gasteiger partial charge in [0, 0.05) is 5.69 Å². The van der Waals surface area contributed by atoms with Gasteiger partial charge in [-0.2, -0.15) is 0 Å². The summed E-state index contributed by atoms with van der Waals surface area (Å²) < 4.78 is 33.4. The average molecular weight is 431 g/mol. The lowest BCUT2D eigenvalue weighted by atomic mass is 10.1. The van der Waals surface area contributed by atoms with Crippen molar-refractivity contribution < 1.29 is 17.9 Å². The third-order valence-corrected chi connectivity index (χ3v) is 6.04. The SMILES string of the molecule is COc1ccccc1C(=O)Nc1ccc(C)c(S(=O)(=O)Nc2ccccc2Cl)c1. The molecular weight excluding hydrogens is 412 g/mol. The highest BCUT2D eigenvalue weighted by Crippen LogP contribution is 2.27. The van der Waals surface area contributed by atoms with Crippen LogP contribution in [0.1, 0.15) is 15.9 Å². The van der Waals surface area contributed by atoms with Gasteiger partial charge >= 0.3 is 0 Å². The van der Waals surface area contributed by atoms with Gasteiger partial charge in [0.1, 0.15) is 5.75 Å². The zero-order valence-electron chi connectivity index (χ0n) is 15.8. The van der Waals surface area contributed by atoms with E-state index in [1.807, 2.05) is 0 Å². The Hall–Kier alpha value is -3.03. The maximum atomic E-state index is 12.9. The minimum atomic E-state index is -3.91. The summed E-state index contributed by atoms with van der Waals surface area (Å²) in [5, 5.41) is 3.00. The lowest BCUT2D eigenvalue weighted by molar-refractivity contribution is 0.102. The first-order valence-corrected chi connectivity index (χ1v) is 10.5. The Balaban J connectivity index is 1.90. The number of benzene rings is 3. The lowest BCUT2D eigenvalue weighted by Crippen LogP contribution is -2.16. The topological polar surface area (TPSA) is 84.5 Å². The van der Waals surface area contributed by atoms with Crippen LogP contribution in [0, 0.1) is 6.92 Å². The maximum absolute atomic E-state index is 12.9. The highest BCUT2D eigenvalue weighted by molar-refractivity contribution is 7.92. The number of para-hydroxylation sites is 2. The minimum Gasteiger partial charge on any atom is -0.496 e. The largest absolute Gasteiger partial charge is 0.496 e. The van der Waals surface area contributed by atoms with Crippen molar-refractivity contribution in [2.75, 3.05) is 17.1 Å². The summed E-state index contributed by atoms with van der Waals surface area (Å²) in [6, 6.07) is 18.0. The molecule has 0 aromatic heterocycles. The van der Waals surface area contributed by atoms with Gasteiger partial charge in [0.25, 0.3) is 15.9 Å². The highest BCUT2D eigenvalue weighted by atomic mass is 35.5. The quantitative estimate of drug-likeness (QED) is 0.593. The summed E-state index contributed by atoms with van der Waals surface area (Å²) in [5.74, 6) is 0.0130. The molecule has 0 saturated heterocycles. The fourth-order valence-corrected chi connectivity index (χ4v) is 4.33. The maximum Gasteiger partial charge on any atom is 0.262 e. The second kappa shape index (κ2) is 8.55. The first kappa shape index (κ1) is 20.7. The number of hydrogen-bond acceptors (Lipinski definition) is 4. The van der Waals surface area contributed by atoms with Crippen molar-refractivity contribution in [1.82, 2.24) is 0 Å². The van der Waals surface area contributed by atoms with Crippen molar-refractivity contribution >= 4 is 38.9 Å². The summed E-state index contributed by atoms with van der Waals surface area (Å²) >= 11 is 6.06. The number of amides is 1. The molecule has 3 rings (SSSR count). The molecule has 0 fully saturated rings. The molecule has 0 radical (unpaired) electrons. The van der Waals surface area contributed by atoms with Gasteiger partial charge in [0.2, 0.25) is 0 Å². The number of aryl methyl sites for hydroxylation is 1. The first-order chi connectivity index (χ1) is 13.8. The summed E-state index contributed by atoms with van der Waals surface area (Å²) in [7, 11) is -2.44. The second-order valence-electron chi connectivity index (χ2n) is 6.22. The Labute approximate surface area is 174 Å². The van der Waals surface area contributed by atoms with Crippen molar-refractivity contribution in [3.05, 3.63) is 82.9 Å². The molecule has 2 N–H and O–H groups in total. The summed E-state index contributed by atoms with van der Waals surface area (Å²) in [6.07, 6.45) is 0. The fraction of sp³-hybridized carbons (Fsp3) is 0.0952. The second-order valence-corrected chi connectivity index (χ2v) is 8.28. The van der Waals surface area contributed by atoms with Crippen LogP contribution in [0.15, 0.2) is 71.6 Å². The number of halogens is 1. The fourth-order valence-electron chi connectivity index (χ4n) is 2.74. The van der Waals surface area contributed by atoms with Crippen LogP contribution in [0.25, 0.3) is 0 Å². The van der Waals surface area contributed by atoms with E-state index < -0.39 is 15.9 Å². The van der Waals surface area contributed by atoms with E-state index in [2.05, 4.69) is 10.0 Å². The molecule has 0 saturated carbocycles. The molecule has 0 heterocycles. The molecule has 3 aromatic rings.